The predicted octanol–water partition coefficient (Wildman–Crippen LogP) is -1.11. The minimum absolute atomic E-state index is 0.109. The summed E-state index contributed by atoms with van der Waals surface area (Å²) in [7, 11) is 0. The lowest BCUT2D eigenvalue weighted by atomic mass is 10.3. The Bertz CT molecular complexity index is 465. The molecule has 0 aliphatic rings. The maximum atomic E-state index is 10.0. The van der Waals surface area contributed by atoms with Crippen molar-refractivity contribution in [2.75, 3.05) is 0 Å². The fourth-order valence-electron chi connectivity index (χ4n) is 0.967. The maximum absolute atomic E-state index is 10.0. The van der Waals surface area contributed by atoms with Gasteiger partial charge < -0.3 is 19.8 Å². The van der Waals surface area contributed by atoms with Crippen molar-refractivity contribution in [2.24, 2.45) is 0 Å². The highest BCUT2D eigenvalue weighted by atomic mass is 16.4. The molecule has 6 nitrogen and oxygen atoms in total. The number of carbonyl (C=O) groups is 2. The molecule has 0 atom stereocenters. The molecule has 2 heterocycles. The summed E-state index contributed by atoms with van der Waals surface area (Å²) in [5, 5.41) is 20.1. The van der Waals surface area contributed by atoms with Crippen LogP contribution in [0.3, 0.4) is 0 Å². The first-order valence-corrected chi connectivity index (χ1v) is 4.84. The highest BCUT2D eigenvalue weighted by molar-refractivity contribution is 5.85. The van der Waals surface area contributed by atoms with Crippen molar-refractivity contribution < 1.29 is 19.8 Å². The molecule has 0 fully saturated rings. The van der Waals surface area contributed by atoms with Crippen LogP contribution in [0.15, 0.2) is 49.1 Å². The number of carboxylic acid groups (broad SMARTS) is 2. The third-order valence-corrected chi connectivity index (χ3v) is 1.79. The Hall–Kier alpha value is -2.76. The van der Waals surface area contributed by atoms with Crippen LogP contribution in [0.25, 0.3) is 0 Å². The second kappa shape index (κ2) is 6.74. The van der Waals surface area contributed by atoms with Crippen LogP contribution < -0.4 is 10.2 Å². The summed E-state index contributed by atoms with van der Waals surface area (Å²) in [5.74, 6) is -2.38. The number of pyridine rings is 2. The zero-order valence-corrected chi connectivity index (χ0v) is 9.15. The summed E-state index contributed by atoms with van der Waals surface area (Å²) in [6.45, 7) is 0. The number of carboxylic acids is 2. The molecular weight excluding hydrogens is 236 g/mol. The average molecular weight is 244 g/mol. The van der Waals surface area contributed by atoms with Gasteiger partial charge in [-0.05, 0) is 12.1 Å². The van der Waals surface area contributed by atoms with E-state index in [-0.39, 0.29) is 11.1 Å². The van der Waals surface area contributed by atoms with Crippen molar-refractivity contribution in [3.63, 3.8) is 0 Å². The Labute approximate surface area is 103 Å². The van der Waals surface area contributed by atoms with Crippen molar-refractivity contribution >= 4 is 11.9 Å². The lowest BCUT2D eigenvalue weighted by Gasteiger charge is -1.97. The largest absolute Gasteiger partial charge is 0.545 e. The first-order chi connectivity index (χ1) is 8.61. The number of rotatable bonds is 2. The molecule has 0 aliphatic heterocycles. The minimum Gasteiger partial charge on any atom is -0.545 e. The van der Waals surface area contributed by atoms with Gasteiger partial charge in [0.1, 0.15) is 0 Å². The third-order valence-electron chi connectivity index (χ3n) is 1.79. The zero-order chi connectivity index (χ0) is 13.4. The van der Waals surface area contributed by atoms with Gasteiger partial charge in [0.15, 0.2) is 0 Å². The molecule has 2 rings (SSSR count). The van der Waals surface area contributed by atoms with Gasteiger partial charge in [-0.1, -0.05) is 12.1 Å². The van der Waals surface area contributed by atoms with E-state index >= 15 is 0 Å². The number of hydrogen-bond acceptors (Lipinski definition) is 6. The van der Waals surface area contributed by atoms with Crippen LogP contribution >= 0.6 is 0 Å². The van der Waals surface area contributed by atoms with Gasteiger partial charge in [-0.2, -0.15) is 0 Å². The number of aromatic carboxylic acids is 2. The van der Waals surface area contributed by atoms with Gasteiger partial charge in [0.25, 0.3) is 0 Å². The molecule has 0 unspecified atom stereocenters. The molecular formula is C12H8N2O4-2. The first-order valence-electron chi connectivity index (χ1n) is 4.84. The van der Waals surface area contributed by atoms with E-state index in [9.17, 15) is 19.8 Å². The van der Waals surface area contributed by atoms with E-state index in [1.165, 1.54) is 36.9 Å². The lowest BCUT2D eigenvalue weighted by molar-refractivity contribution is -0.256. The Morgan fingerprint density at radius 1 is 0.833 bits per heavy atom. The first kappa shape index (κ1) is 13.3. The molecule has 0 saturated carbocycles. The third kappa shape index (κ3) is 4.40. The zero-order valence-electron chi connectivity index (χ0n) is 9.15. The number of nitrogens with zero attached hydrogens (tertiary/aromatic N) is 2. The molecule has 0 radical (unpaired) electrons. The van der Waals surface area contributed by atoms with E-state index in [0.717, 1.165) is 0 Å². The summed E-state index contributed by atoms with van der Waals surface area (Å²) in [6.07, 6.45) is 5.50. The van der Waals surface area contributed by atoms with E-state index in [1.54, 1.807) is 12.1 Å². The lowest BCUT2D eigenvalue weighted by Crippen LogP contribution is -2.22. The standard InChI is InChI=1S/2C6H5NO2/c2*8-6(9)5-2-1-3-7-4-5/h2*1-4H,(H,8,9)/p-2. The summed E-state index contributed by atoms with van der Waals surface area (Å²) < 4.78 is 0. The molecule has 2 aromatic rings. The number of hydrogen-bond donors (Lipinski definition) is 0. The van der Waals surface area contributed by atoms with Crippen molar-refractivity contribution in [3.05, 3.63) is 60.2 Å². The second-order valence-electron chi connectivity index (χ2n) is 3.06. The molecule has 0 aliphatic carbocycles. The van der Waals surface area contributed by atoms with E-state index < -0.39 is 11.9 Å². The van der Waals surface area contributed by atoms with E-state index in [1.807, 2.05) is 0 Å². The Morgan fingerprint density at radius 2 is 1.22 bits per heavy atom. The molecule has 2 aromatic heterocycles. The fraction of sp³-hybridized carbons (Fsp3) is 0. The summed E-state index contributed by atoms with van der Waals surface area (Å²) in [6, 6.07) is 5.96. The quantitative estimate of drug-likeness (QED) is 0.663. The molecule has 0 spiro atoms. The van der Waals surface area contributed by atoms with Crippen LogP contribution in [-0.4, -0.2) is 21.9 Å². The highest BCUT2D eigenvalue weighted by Gasteiger charge is 1.87. The molecule has 18 heavy (non-hydrogen) atoms. The SMILES string of the molecule is O=C([O-])c1cccnc1.O=C([O-])c1cccnc1. The van der Waals surface area contributed by atoms with Gasteiger partial charge in [0, 0.05) is 35.9 Å². The van der Waals surface area contributed by atoms with Crippen LogP contribution in [0.2, 0.25) is 0 Å². The smallest absolute Gasteiger partial charge is 0.0730 e. The van der Waals surface area contributed by atoms with Gasteiger partial charge in [-0.25, -0.2) is 0 Å². The van der Waals surface area contributed by atoms with Gasteiger partial charge in [-0.15, -0.1) is 0 Å². The maximum Gasteiger partial charge on any atom is 0.0730 e. The van der Waals surface area contributed by atoms with Crippen molar-refractivity contribution in [1.82, 2.24) is 9.97 Å². The van der Waals surface area contributed by atoms with Crippen molar-refractivity contribution in [1.29, 1.82) is 0 Å². The topological polar surface area (TPSA) is 106 Å². The number of aromatic nitrogens is 2. The van der Waals surface area contributed by atoms with Gasteiger partial charge in [-0.3, -0.25) is 9.97 Å². The normalized spacial score (nSPS) is 8.89. The van der Waals surface area contributed by atoms with Gasteiger partial charge in [0.2, 0.25) is 0 Å². The highest BCUT2D eigenvalue weighted by Crippen LogP contribution is 1.91. The van der Waals surface area contributed by atoms with E-state index in [4.69, 9.17) is 0 Å². The Balaban J connectivity index is 0.000000180. The summed E-state index contributed by atoms with van der Waals surface area (Å²) in [5.41, 5.74) is 0.218. The molecule has 0 aromatic carbocycles. The molecule has 0 N–H and O–H groups in total. The average Bonchev–Trinajstić information content (AvgIpc) is 2.41. The van der Waals surface area contributed by atoms with Crippen LogP contribution in [0.4, 0.5) is 0 Å². The van der Waals surface area contributed by atoms with Gasteiger partial charge in [0.05, 0.1) is 11.9 Å². The molecule has 6 heteroatoms. The Kier molecular flexibility index (Phi) is 4.98. The molecule has 0 saturated heterocycles. The molecule has 0 amide bonds. The Morgan fingerprint density at radius 3 is 1.39 bits per heavy atom. The van der Waals surface area contributed by atoms with E-state index in [0.29, 0.717) is 0 Å². The van der Waals surface area contributed by atoms with Crippen LogP contribution in [-0.2, 0) is 0 Å². The van der Waals surface area contributed by atoms with Crippen molar-refractivity contribution in [3.8, 4) is 0 Å². The second-order valence-corrected chi connectivity index (χ2v) is 3.06. The van der Waals surface area contributed by atoms with Crippen LogP contribution in [0, 0.1) is 0 Å². The van der Waals surface area contributed by atoms with E-state index in [2.05, 4.69) is 9.97 Å². The predicted molar refractivity (Wildman–Crippen MR) is 57.1 cm³/mol. The minimum atomic E-state index is -1.19. The van der Waals surface area contributed by atoms with Gasteiger partial charge >= 0.3 is 0 Å². The number of carbonyl (C=O) groups excluding carboxylic acids is 2. The molecule has 0 bridgehead atoms. The monoisotopic (exact) mass is 244 g/mol. The van der Waals surface area contributed by atoms with Crippen LogP contribution in [0.1, 0.15) is 20.7 Å². The van der Waals surface area contributed by atoms with Crippen molar-refractivity contribution in [2.45, 2.75) is 0 Å². The fourth-order valence-corrected chi connectivity index (χ4v) is 0.967. The summed E-state index contributed by atoms with van der Waals surface area (Å²) >= 11 is 0. The summed E-state index contributed by atoms with van der Waals surface area (Å²) in [4.78, 5) is 27.3. The molecule has 92 valence electrons. The van der Waals surface area contributed by atoms with Crippen LogP contribution in [0.5, 0.6) is 0 Å².